The van der Waals surface area contributed by atoms with Gasteiger partial charge in [0.15, 0.2) is 0 Å². The monoisotopic (exact) mass is 329 g/mol. The van der Waals surface area contributed by atoms with Gasteiger partial charge in [-0.3, -0.25) is 0 Å². The molecule has 0 heterocycles. The molecule has 0 saturated heterocycles. The molecule has 0 aromatic rings. The second-order valence-electron chi connectivity index (χ2n) is 4.13. The highest BCUT2D eigenvalue weighted by Crippen LogP contribution is 2.27. The Kier molecular flexibility index (Phi) is 8.59. The minimum atomic E-state index is -0.373. The van der Waals surface area contributed by atoms with Crippen LogP contribution in [0.15, 0.2) is 0 Å². The molecule has 1 rings (SSSR count). The van der Waals surface area contributed by atoms with Crippen LogP contribution in [0.3, 0.4) is 0 Å². The van der Waals surface area contributed by atoms with Crippen LogP contribution < -0.4 is 5.73 Å². The first-order chi connectivity index (χ1) is 6.24. The third-order valence-corrected chi connectivity index (χ3v) is 3.65. The number of hydrogen-bond donors (Lipinski definition) is 2. The van der Waals surface area contributed by atoms with Crippen LogP contribution in [0.2, 0.25) is 0 Å². The van der Waals surface area contributed by atoms with Crippen molar-refractivity contribution in [3.8, 4) is 0 Å². The summed E-state index contributed by atoms with van der Waals surface area (Å²) in [7, 11) is 0. The van der Waals surface area contributed by atoms with Crippen molar-refractivity contribution in [1.29, 1.82) is 0 Å². The van der Waals surface area contributed by atoms with Crippen molar-refractivity contribution in [2.75, 3.05) is 5.33 Å². The van der Waals surface area contributed by atoms with Gasteiger partial charge in [0.25, 0.3) is 0 Å². The second kappa shape index (κ2) is 8.08. The summed E-state index contributed by atoms with van der Waals surface area (Å²) >= 11 is 3.25. The van der Waals surface area contributed by atoms with E-state index in [0.29, 0.717) is 5.33 Å². The summed E-state index contributed by atoms with van der Waals surface area (Å²) in [6.07, 6.45) is 7.32. The van der Waals surface area contributed by atoms with Gasteiger partial charge in [0.1, 0.15) is 0 Å². The molecule has 0 radical (unpaired) electrons. The number of rotatable bonds is 4. The van der Waals surface area contributed by atoms with Crippen molar-refractivity contribution in [2.45, 2.75) is 50.7 Å². The fourth-order valence-electron chi connectivity index (χ4n) is 2.08. The summed E-state index contributed by atoms with van der Waals surface area (Å²) in [5, 5.41) is 10.1. The molecule has 1 saturated carbocycles. The fourth-order valence-corrected chi connectivity index (χ4v) is 2.56. The van der Waals surface area contributed by atoms with E-state index in [4.69, 9.17) is 5.73 Å². The van der Waals surface area contributed by atoms with Crippen LogP contribution >= 0.6 is 32.9 Å². The molecule has 1 fully saturated rings. The Morgan fingerprint density at radius 3 is 2.36 bits per heavy atom. The summed E-state index contributed by atoms with van der Waals surface area (Å²) in [4.78, 5) is 0. The van der Waals surface area contributed by atoms with Crippen LogP contribution in [0.5, 0.6) is 0 Å². The highest BCUT2D eigenvalue weighted by molar-refractivity contribution is 9.09. The van der Waals surface area contributed by atoms with Gasteiger partial charge in [-0.1, -0.05) is 48.0 Å². The van der Waals surface area contributed by atoms with E-state index < -0.39 is 0 Å². The van der Waals surface area contributed by atoms with Gasteiger partial charge in [0.2, 0.25) is 0 Å². The number of hydrogen-bond acceptors (Lipinski definition) is 2. The van der Waals surface area contributed by atoms with Gasteiger partial charge >= 0.3 is 0 Å². The second-order valence-corrected chi connectivity index (χ2v) is 4.77. The lowest BCUT2D eigenvalue weighted by Gasteiger charge is -2.26. The molecule has 14 heavy (non-hydrogen) atoms. The standard InChI is InChI=1S/C10H20BrNO.BrH/c11-7-10(13)9(12)6-8-4-2-1-3-5-8;/h8-10,13H,1-7,12H2;1H/t9-,10?;/m0./s1. The Morgan fingerprint density at radius 1 is 1.29 bits per heavy atom. The minimum Gasteiger partial charge on any atom is -0.391 e. The largest absolute Gasteiger partial charge is 0.391 e. The molecule has 0 aromatic heterocycles. The lowest BCUT2D eigenvalue weighted by Crippen LogP contribution is -2.37. The van der Waals surface area contributed by atoms with E-state index in [9.17, 15) is 5.11 Å². The molecule has 1 aliphatic rings. The SMILES string of the molecule is Br.N[C@@H](CC1CCCCC1)C(O)CBr. The Balaban J connectivity index is 0.00000169. The molecule has 0 spiro atoms. The van der Waals surface area contributed by atoms with Gasteiger partial charge in [-0.15, -0.1) is 17.0 Å². The molecule has 86 valence electrons. The molecule has 0 aromatic carbocycles. The third kappa shape index (κ3) is 5.10. The molecule has 0 bridgehead atoms. The van der Waals surface area contributed by atoms with Crippen molar-refractivity contribution in [3.63, 3.8) is 0 Å². The van der Waals surface area contributed by atoms with Gasteiger partial charge in [0.05, 0.1) is 6.10 Å². The molecule has 1 aliphatic carbocycles. The maximum atomic E-state index is 9.49. The molecule has 1 unspecified atom stereocenters. The van der Waals surface area contributed by atoms with Crippen molar-refractivity contribution in [1.82, 2.24) is 0 Å². The van der Waals surface area contributed by atoms with Crippen molar-refractivity contribution in [2.24, 2.45) is 11.7 Å². The Hall–Kier alpha value is 0.880. The van der Waals surface area contributed by atoms with E-state index in [0.717, 1.165) is 12.3 Å². The van der Waals surface area contributed by atoms with Gasteiger partial charge in [-0.05, 0) is 12.3 Å². The van der Waals surface area contributed by atoms with Crippen molar-refractivity contribution >= 4 is 32.9 Å². The molecule has 2 atom stereocenters. The number of nitrogens with two attached hydrogens (primary N) is 1. The summed E-state index contributed by atoms with van der Waals surface area (Å²) in [5.74, 6) is 0.762. The van der Waals surface area contributed by atoms with Crippen molar-refractivity contribution in [3.05, 3.63) is 0 Å². The van der Waals surface area contributed by atoms with Crippen LogP contribution in [0, 0.1) is 5.92 Å². The predicted molar refractivity (Wildman–Crippen MR) is 69.3 cm³/mol. The first-order valence-electron chi connectivity index (χ1n) is 5.23. The third-order valence-electron chi connectivity index (χ3n) is 2.98. The van der Waals surface area contributed by atoms with E-state index in [1.54, 1.807) is 0 Å². The zero-order valence-electron chi connectivity index (χ0n) is 8.49. The summed E-state index contributed by atoms with van der Waals surface area (Å²) in [6, 6.07) is -0.0394. The van der Waals surface area contributed by atoms with Gasteiger partial charge in [-0.25, -0.2) is 0 Å². The van der Waals surface area contributed by atoms with E-state index in [2.05, 4.69) is 15.9 Å². The highest BCUT2D eigenvalue weighted by atomic mass is 79.9. The molecule has 3 N–H and O–H groups in total. The normalized spacial score (nSPS) is 22.5. The number of alkyl halides is 1. The van der Waals surface area contributed by atoms with Crippen LogP contribution in [0.25, 0.3) is 0 Å². The maximum Gasteiger partial charge on any atom is 0.0787 e. The molecule has 2 nitrogen and oxygen atoms in total. The van der Waals surface area contributed by atoms with Crippen LogP contribution in [0.4, 0.5) is 0 Å². The smallest absolute Gasteiger partial charge is 0.0787 e. The number of aliphatic hydroxyl groups is 1. The molecular weight excluding hydrogens is 310 g/mol. The van der Waals surface area contributed by atoms with E-state index in [1.165, 1.54) is 32.1 Å². The number of halogens is 2. The average Bonchev–Trinajstić information content (AvgIpc) is 2.18. The van der Waals surface area contributed by atoms with Gasteiger partial charge < -0.3 is 10.8 Å². The topological polar surface area (TPSA) is 46.2 Å². The van der Waals surface area contributed by atoms with E-state index >= 15 is 0 Å². The van der Waals surface area contributed by atoms with E-state index in [-0.39, 0.29) is 29.1 Å². The van der Waals surface area contributed by atoms with Gasteiger partial charge in [-0.2, -0.15) is 0 Å². The lowest BCUT2D eigenvalue weighted by atomic mass is 9.84. The first-order valence-corrected chi connectivity index (χ1v) is 6.35. The Labute approximate surface area is 106 Å². The summed E-state index contributed by atoms with van der Waals surface area (Å²) in [6.45, 7) is 0. The average molecular weight is 331 g/mol. The highest BCUT2D eigenvalue weighted by Gasteiger charge is 2.20. The van der Waals surface area contributed by atoms with Crippen LogP contribution in [-0.2, 0) is 0 Å². The summed E-state index contributed by atoms with van der Waals surface area (Å²) < 4.78 is 0. The molecular formula is C10H21Br2NO. The first kappa shape index (κ1) is 14.9. The van der Waals surface area contributed by atoms with Crippen molar-refractivity contribution < 1.29 is 5.11 Å². The van der Waals surface area contributed by atoms with Crippen LogP contribution in [-0.4, -0.2) is 22.6 Å². The number of aliphatic hydroxyl groups excluding tert-OH is 1. The zero-order valence-corrected chi connectivity index (χ0v) is 11.8. The van der Waals surface area contributed by atoms with E-state index in [1.807, 2.05) is 0 Å². The molecule has 0 aliphatic heterocycles. The quantitative estimate of drug-likeness (QED) is 0.778. The lowest BCUT2D eigenvalue weighted by molar-refractivity contribution is 0.148. The Bertz CT molecular complexity index is 140. The zero-order chi connectivity index (χ0) is 9.68. The Morgan fingerprint density at radius 2 is 1.86 bits per heavy atom. The molecule has 0 amide bonds. The maximum absolute atomic E-state index is 9.49. The summed E-state index contributed by atoms with van der Waals surface area (Å²) in [5.41, 5.74) is 5.88. The predicted octanol–water partition coefficient (Wildman–Crippen LogP) is 2.62. The van der Waals surface area contributed by atoms with Crippen LogP contribution in [0.1, 0.15) is 38.5 Å². The molecule has 4 heteroatoms. The van der Waals surface area contributed by atoms with Gasteiger partial charge in [0, 0.05) is 11.4 Å². The fraction of sp³-hybridized carbons (Fsp3) is 1.00. The minimum absolute atomic E-state index is 0.